The van der Waals surface area contributed by atoms with Crippen LogP contribution in [0, 0.1) is 13.8 Å². The van der Waals surface area contributed by atoms with E-state index in [0.29, 0.717) is 18.9 Å². The van der Waals surface area contributed by atoms with Crippen LogP contribution in [-0.2, 0) is 24.4 Å². The zero-order chi connectivity index (χ0) is 22.5. The molecule has 0 aliphatic rings. The van der Waals surface area contributed by atoms with Gasteiger partial charge in [-0.3, -0.25) is 9.59 Å². The minimum atomic E-state index is -0.331. The van der Waals surface area contributed by atoms with Crippen molar-refractivity contribution in [2.45, 2.75) is 33.5 Å². The molecule has 0 unspecified atom stereocenters. The van der Waals surface area contributed by atoms with E-state index in [2.05, 4.69) is 10.2 Å². The topological polar surface area (TPSA) is 73.0 Å². The van der Waals surface area contributed by atoms with Gasteiger partial charge in [0.1, 0.15) is 6.54 Å². The summed E-state index contributed by atoms with van der Waals surface area (Å²) in [5, 5.41) is 8.83. The fraction of sp³-hybridized carbons (Fsp3) is 0.200. The van der Waals surface area contributed by atoms with Crippen molar-refractivity contribution in [3.05, 3.63) is 112 Å². The third-order valence-corrected chi connectivity index (χ3v) is 5.15. The van der Waals surface area contributed by atoms with Crippen molar-refractivity contribution in [2.24, 2.45) is 0 Å². The molecule has 0 aliphatic carbocycles. The molecule has 0 saturated carbocycles. The second-order valence-electron chi connectivity index (χ2n) is 7.75. The lowest BCUT2D eigenvalue weighted by Crippen LogP contribution is -2.37. The molecule has 2 heterocycles. The molecule has 4 aromatic rings. The van der Waals surface area contributed by atoms with Crippen LogP contribution in [0.2, 0.25) is 0 Å². The van der Waals surface area contributed by atoms with Crippen LogP contribution in [-0.4, -0.2) is 30.4 Å². The number of carbonyl (C=O) groups excluding carboxylic acids is 1. The Hall–Kier alpha value is -4.00. The van der Waals surface area contributed by atoms with Crippen molar-refractivity contribution in [3.63, 3.8) is 0 Å². The second kappa shape index (κ2) is 9.43. The van der Waals surface area contributed by atoms with E-state index in [9.17, 15) is 9.59 Å². The summed E-state index contributed by atoms with van der Waals surface area (Å²) < 4.78 is 2.87. The predicted octanol–water partition coefficient (Wildman–Crippen LogP) is 3.27. The lowest BCUT2D eigenvalue weighted by atomic mass is 10.1. The largest absolute Gasteiger partial charge is 0.332 e. The number of aromatic nitrogens is 4. The first kappa shape index (κ1) is 21.2. The molecular formula is C25H25N5O2. The molecule has 2 aromatic carbocycles. The predicted molar refractivity (Wildman–Crippen MR) is 122 cm³/mol. The highest BCUT2D eigenvalue weighted by atomic mass is 16.2. The SMILES string of the molecule is Cc1cc(C)n(-c2ccc(=O)n(CC(=O)N(Cc3ccccc3)Cc3ccccc3)n2)n1. The Bertz CT molecular complexity index is 1220. The molecule has 0 saturated heterocycles. The molecule has 0 aliphatic heterocycles. The van der Waals surface area contributed by atoms with E-state index >= 15 is 0 Å². The molecule has 0 spiro atoms. The summed E-state index contributed by atoms with van der Waals surface area (Å²) in [6.07, 6.45) is 0. The maximum Gasteiger partial charge on any atom is 0.267 e. The highest BCUT2D eigenvalue weighted by Crippen LogP contribution is 2.12. The normalized spacial score (nSPS) is 10.8. The lowest BCUT2D eigenvalue weighted by Gasteiger charge is -2.23. The van der Waals surface area contributed by atoms with Gasteiger partial charge in [-0.15, -0.1) is 5.10 Å². The molecule has 7 nitrogen and oxygen atoms in total. The van der Waals surface area contributed by atoms with Gasteiger partial charge < -0.3 is 4.90 Å². The number of benzene rings is 2. The van der Waals surface area contributed by atoms with Crippen LogP contribution < -0.4 is 5.56 Å². The first-order valence-corrected chi connectivity index (χ1v) is 10.5. The Kier molecular flexibility index (Phi) is 6.26. The first-order valence-electron chi connectivity index (χ1n) is 10.5. The summed E-state index contributed by atoms with van der Waals surface area (Å²) in [6.45, 7) is 4.56. The zero-order valence-corrected chi connectivity index (χ0v) is 18.2. The third kappa shape index (κ3) is 5.00. The van der Waals surface area contributed by atoms with Crippen LogP contribution in [0.1, 0.15) is 22.5 Å². The van der Waals surface area contributed by atoms with E-state index in [-0.39, 0.29) is 18.0 Å². The molecule has 0 atom stereocenters. The van der Waals surface area contributed by atoms with Crippen LogP contribution in [0.4, 0.5) is 0 Å². The van der Waals surface area contributed by atoms with E-state index in [1.165, 1.54) is 10.7 Å². The zero-order valence-electron chi connectivity index (χ0n) is 18.2. The molecule has 162 valence electrons. The smallest absolute Gasteiger partial charge is 0.267 e. The van der Waals surface area contributed by atoms with Crippen molar-refractivity contribution in [3.8, 4) is 5.82 Å². The molecule has 0 radical (unpaired) electrons. The number of amides is 1. The number of hydrogen-bond acceptors (Lipinski definition) is 4. The number of aryl methyl sites for hydroxylation is 2. The number of carbonyl (C=O) groups is 1. The third-order valence-electron chi connectivity index (χ3n) is 5.15. The molecular weight excluding hydrogens is 402 g/mol. The van der Waals surface area contributed by atoms with Crippen molar-refractivity contribution < 1.29 is 4.79 Å². The van der Waals surface area contributed by atoms with Gasteiger partial charge in [0.25, 0.3) is 5.56 Å². The lowest BCUT2D eigenvalue weighted by molar-refractivity contribution is -0.133. The van der Waals surface area contributed by atoms with Gasteiger partial charge in [0, 0.05) is 24.8 Å². The monoisotopic (exact) mass is 427 g/mol. The molecule has 0 N–H and O–H groups in total. The molecule has 2 aromatic heterocycles. The highest BCUT2D eigenvalue weighted by Gasteiger charge is 2.17. The maximum absolute atomic E-state index is 13.3. The molecule has 0 fully saturated rings. The summed E-state index contributed by atoms with van der Waals surface area (Å²) in [7, 11) is 0. The van der Waals surface area contributed by atoms with E-state index < -0.39 is 0 Å². The average molecular weight is 428 g/mol. The van der Waals surface area contributed by atoms with Gasteiger partial charge >= 0.3 is 0 Å². The van der Waals surface area contributed by atoms with E-state index in [1.54, 1.807) is 15.6 Å². The average Bonchev–Trinajstić information content (AvgIpc) is 3.14. The van der Waals surface area contributed by atoms with Crippen LogP contribution in [0.15, 0.2) is 83.7 Å². The fourth-order valence-electron chi connectivity index (χ4n) is 3.59. The Labute approximate surface area is 186 Å². The van der Waals surface area contributed by atoms with Crippen LogP contribution in [0.3, 0.4) is 0 Å². The van der Waals surface area contributed by atoms with Crippen LogP contribution >= 0.6 is 0 Å². The van der Waals surface area contributed by atoms with Gasteiger partial charge in [0.05, 0.1) is 5.69 Å². The Morgan fingerprint density at radius 1 is 0.844 bits per heavy atom. The maximum atomic E-state index is 13.3. The summed E-state index contributed by atoms with van der Waals surface area (Å²) in [6, 6.07) is 24.6. The highest BCUT2D eigenvalue weighted by molar-refractivity contribution is 5.76. The Balaban J connectivity index is 1.60. The summed E-state index contributed by atoms with van der Waals surface area (Å²) >= 11 is 0. The molecule has 32 heavy (non-hydrogen) atoms. The van der Waals surface area contributed by atoms with Gasteiger partial charge in [0.15, 0.2) is 5.82 Å². The molecule has 7 heteroatoms. The van der Waals surface area contributed by atoms with E-state index in [0.717, 1.165) is 22.5 Å². The Morgan fingerprint density at radius 3 is 1.97 bits per heavy atom. The van der Waals surface area contributed by atoms with Crippen molar-refractivity contribution >= 4 is 5.91 Å². The summed E-state index contributed by atoms with van der Waals surface area (Å²) in [4.78, 5) is 27.5. The second-order valence-corrected chi connectivity index (χ2v) is 7.75. The quantitative estimate of drug-likeness (QED) is 0.454. The van der Waals surface area contributed by atoms with E-state index in [4.69, 9.17) is 0 Å². The summed E-state index contributed by atoms with van der Waals surface area (Å²) in [5.41, 5.74) is 3.47. The van der Waals surface area contributed by atoms with Gasteiger partial charge in [0.2, 0.25) is 5.91 Å². The van der Waals surface area contributed by atoms with Crippen LogP contribution in [0.5, 0.6) is 0 Å². The van der Waals surface area contributed by atoms with Gasteiger partial charge in [-0.25, -0.2) is 9.36 Å². The van der Waals surface area contributed by atoms with Crippen molar-refractivity contribution in [1.82, 2.24) is 24.5 Å². The van der Waals surface area contributed by atoms with Crippen molar-refractivity contribution in [2.75, 3.05) is 0 Å². The molecule has 0 bridgehead atoms. The molecule has 1 amide bonds. The first-order chi connectivity index (χ1) is 15.5. The number of nitrogens with zero attached hydrogens (tertiary/aromatic N) is 5. The fourth-order valence-corrected chi connectivity index (χ4v) is 3.59. The van der Waals surface area contributed by atoms with Crippen LogP contribution in [0.25, 0.3) is 5.82 Å². The van der Waals surface area contributed by atoms with Gasteiger partial charge in [-0.05, 0) is 37.1 Å². The summed E-state index contributed by atoms with van der Waals surface area (Å²) in [5.74, 6) is 0.318. The van der Waals surface area contributed by atoms with Crippen molar-refractivity contribution in [1.29, 1.82) is 0 Å². The van der Waals surface area contributed by atoms with Gasteiger partial charge in [-0.1, -0.05) is 60.7 Å². The van der Waals surface area contributed by atoms with Gasteiger partial charge in [-0.2, -0.15) is 5.10 Å². The standard InChI is InChI=1S/C25H25N5O2/c1-19-15-20(2)30(26-19)23-13-14-24(31)29(27-23)18-25(32)28(16-21-9-5-3-6-10-21)17-22-11-7-4-8-12-22/h3-15H,16-18H2,1-2H3. The minimum absolute atomic E-state index is 0.147. The minimum Gasteiger partial charge on any atom is -0.332 e. The Morgan fingerprint density at radius 2 is 1.44 bits per heavy atom. The van der Waals surface area contributed by atoms with E-state index in [1.807, 2.05) is 80.6 Å². The number of hydrogen-bond donors (Lipinski definition) is 0. The molecule has 4 rings (SSSR count). The number of rotatable bonds is 7.